The van der Waals surface area contributed by atoms with Crippen LogP contribution in [0.4, 0.5) is 11.4 Å². The fourth-order valence-electron chi connectivity index (χ4n) is 4.85. The Labute approximate surface area is 236 Å². The van der Waals surface area contributed by atoms with Crippen LogP contribution in [0.5, 0.6) is 5.75 Å². The number of halogens is 1. The number of carbonyl (C=O) groups is 2. The second-order valence-electron chi connectivity index (χ2n) is 9.45. The molecule has 5 rings (SSSR count). The lowest BCUT2D eigenvalue weighted by atomic mass is 10.1. The lowest BCUT2D eigenvalue weighted by Gasteiger charge is -2.38. The predicted molar refractivity (Wildman–Crippen MR) is 158 cm³/mol. The summed E-state index contributed by atoms with van der Waals surface area (Å²) in [6, 6.07) is 19.8. The van der Waals surface area contributed by atoms with Gasteiger partial charge in [-0.3, -0.25) is 14.5 Å². The third kappa shape index (κ3) is 5.33. The molecule has 38 heavy (non-hydrogen) atoms. The third-order valence-corrected chi connectivity index (χ3v) is 8.85. The fraction of sp³-hybridized carbons (Fsp3) is 0.267. The van der Waals surface area contributed by atoms with Gasteiger partial charge in [-0.25, -0.2) is 0 Å². The average molecular weight is 593 g/mol. The van der Waals surface area contributed by atoms with E-state index < -0.39 is 0 Å². The number of anilines is 2. The molecule has 196 valence electrons. The quantitative estimate of drug-likeness (QED) is 0.346. The molecule has 3 aromatic carbocycles. The number of hydrogen-bond donors (Lipinski definition) is 0. The Morgan fingerprint density at radius 1 is 1.00 bits per heavy atom. The number of rotatable bonds is 5. The van der Waals surface area contributed by atoms with Crippen LogP contribution in [0.25, 0.3) is 6.08 Å². The molecule has 0 aliphatic carbocycles. The maximum absolute atomic E-state index is 13.6. The first-order chi connectivity index (χ1) is 18.4. The molecule has 0 N–H and O–H groups in total. The van der Waals surface area contributed by atoms with Crippen LogP contribution in [-0.2, 0) is 9.59 Å². The van der Waals surface area contributed by atoms with Crippen LogP contribution < -0.4 is 14.5 Å². The molecular formula is C30H30BrN3O3S. The first-order valence-electron chi connectivity index (χ1n) is 12.6. The molecule has 2 amide bonds. The number of hydrogen-bond acceptors (Lipinski definition) is 5. The normalized spacial score (nSPS) is 16.6. The Morgan fingerprint density at radius 3 is 2.47 bits per heavy atom. The maximum atomic E-state index is 13.6. The van der Waals surface area contributed by atoms with Crippen molar-refractivity contribution in [3.05, 3.63) is 86.7 Å². The largest absolute Gasteiger partial charge is 0.496 e. The van der Waals surface area contributed by atoms with Gasteiger partial charge in [-0.05, 0) is 82.9 Å². The minimum atomic E-state index is -0.164. The number of carbonyl (C=O) groups excluding carboxylic acids is 2. The van der Waals surface area contributed by atoms with Gasteiger partial charge in [-0.2, -0.15) is 0 Å². The van der Waals surface area contributed by atoms with Gasteiger partial charge in [0.2, 0.25) is 5.91 Å². The van der Waals surface area contributed by atoms with Crippen LogP contribution in [-0.4, -0.2) is 56.5 Å². The van der Waals surface area contributed by atoms with E-state index in [4.69, 9.17) is 4.74 Å². The number of thioether (sulfide) groups is 1. The van der Waals surface area contributed by atoms with Crippen molar-refractivity contribution >= 4 is 57.0 Å². The van der Waals surface area contributed by atoms with Crippen molar-refractivity contribution < 1.29 is 14.3 Å². The van der Waals surface area contributed by atoms with Gasteiger partial charge in [0.05, 0.1) is 22.2 Å². The number of methoxy groups -OCH3 is 1. The van der Waals surface area contributed by atoms with Crippen molar-refractivity contribution in [2.24, 2.45) is 0 Å². The second kappa shape index (κ2) is 11.3. The molecule has 0 aromatic heterocycles. The molecule has 2 aliphatic heterocycles. The van der Waals surface area contributed by atoms with Gasteiger partial charge in [0.1, 0.15) is 12.3 Å². The summed E-state index contributed by atoms with van der Waals surface area (Å²) >= 11 is 4.95. The Hall–Kier alpha value is -3.23. The Bertz CT molecular complexity index is 1420. The van der Waals surface area contributed by atoms with E-state index in [0.29, 0.717) is 18.0 Å². The Kier molecular flexibility index (Phi) is 7.81. The zero-order valence-electron chi connectivity index (χ0n) is 21.7. The third-order valence-electron chi connectivity index (χ3n) is 7.15. The molecule has 0 unspecified atom stereocenters. The smallest absolute Gasteiger partial charge is 0.265 e. The first kappa shape index (κ1) is 26.4. The number of piperazine rings is 1. The molecule has 0 radical (unpaired) electrons. The molecule has 2 aliphatic rings. The van der Waals surface area contributed by atoms with Crippen molar-refractivity contribution in [2.75, 3.05) is 49.6 Å². The monoisotopic (exact) mass is 591 g/mol. The van der Waals surface area contributed by atoms with E-state index in [-0.39, 0.29) is 18.4 Å². The average Bonchev–Trinajstić information content (AvgIpc) is 2.92. The van der Waals surface area contributed by atoms with Crippen molar-refractivity contribution in [3.8, 4) is 5.75 Å². The summed E-state index contributed by atoms with van der Waals surface area (Å²) in [6.07, 6.45) is 1.87. The van der Waals surface area contributed by atoms with Crippen LogP contribution in [0.15, 0.2) is 74.9 Å². The summed E-state index contributed by atoms with van der Waals surface area (Å²) in [5.74, 6) is 0.528. The summed E-state index contributed by atoms with van der Waals surface area (Å²) < 4.78 is 6.14. The summed E-state index contributed by atoms with van der Waals surface area (Å²) in [6.45, 7) is 7.10. The van der Waals surface area contributed by atoms with E-state index >= 15 is 0 Å². The van der Waals surface area contributed by atoms with Gasteiger partial charge < -0.3 is 14.5 Å². The number of ether oxygens (including phenoxy) is 1. The highest BCUT2D eigenvalue weighted by molar-refractivity contribution is 9.10. The highest BCUT2D eigenvalue weighted by Gasteiger charge is 2.32. The van der Waals surface area contributed by atoms with Crippen LogP contribution in [0.1, 0.15) is 16.7 Å². The van der Waals surface area contributed by atoms with Crippen molar-refractivity contribution in [2.45, 2.75) is 18.7 Å². The van der Waals surface area contributed by atoms with Gasteiger partial charge in [0, 0.05) is 36.8 Å². The SMILES string of the molecule is COc1ccc(/C=C2\Sc3ccccc3N(CC(=O)N3CCN(c4cccc(C)c4C)CC3)C2=O)cc1Br. The topological polar surface area (TPSA) is 53.1 Å². The van der Waals surface area contributed by atoms with Gasteiger partial charge >= 0.3 is 0 Å². The number of fused-ring (bicyclic) bond motifs is 1. The minimum Gasteiger partial charge on any atom is -0.496 e. The van der Waals surface area contributed by atoms with Gasteiger partial charge in [0.15, 0.2) is 0 Å². The highest BCUT2D eigenvalue weighted by atomic mass is 79.9. The zero-order valence-corrected chi connectivity index (χ0v) is 24.1. The Balaban J connectivity index is 1.33. The second-order valence-corrected chi connectivity index (χ2v) is 11.4. The van der Waals surface area contributed by atoms with E-state index in [0.717, 1.165) is 39.5 Å². The van der Waals surface area contributed by atoms with Gasteiger partial charge in [-0.15, -0.1) is 0 Å². The lowest BCUT2D eigenvalue weighted by molar-refractivity contribution is -0.131. The van der Waals surface area contributed by atoms with Crippen molar-refractivity contribution in [3.63, 3.8) is 0 Å². The number of para-hydroxylation sites is 1. The summed E-state index contributed by atoms with van der Waals surface area (Å²) in [4.78, 5) is 34.5. The highest BCUT2D eigenvalue weighted by Crippen LogP contribution is 2.42. The van der Waals surface area contributed by atoms with Gasteiger partial charge in [0.25, 0.3) is 5.91 Å². The maximum Gasteiger partial charge on any atom is 0.265 e. The molecule has 2 heterocycles. The molecule has 0 bridgehead atoms. The van der Waals surface area contributed by atoms with E-state index in [1.165, 1.54) is 28.6 Å². The minimum absolute atomic E-state index is 0.0174. The van der Waals surface area contributed by atoms with Crippen LogP contribution in [0, 0.1) is 13.8 Å². The van der Waals surface area contributed by atoms with Crippen molar-refractivity contribution in [1.29, 1.82) is 0 Å². The molecule has 1 saturated heterocycles. The van der Waals surface area contributed by atoms with Gasteiger partial charge in [-0.1, -0.05) is 42.1 Å². The number of amides is 2. The molecule has 0 atom stereocenters. The summed E-state index contributed by atoms with van der Waals surface area (Å²) in [5.41, 5.74) is 5.43. The molecule has 3 aromatic rings. The molecule has 6 nitrogen and oxygen atoms in total. The van der Waals surface area contributed by atoms with E-state index in [2.05, 4.69) is 52.9 Å². The number of benzene rings is 3. The Morgan fingerprint density at radius 2 is 1.74 bits per heavy atom. The van der Waals surface area contributed by atoms with E-state index in [1.54, 1.807) is 12.0 Å². The molecular weight excluding hydrogens is 562 g/mol. The van der Waals surface area contributed by atoms with Crippen molar-refractivity contribution in [1.82, 2.24) is 4.90 Å². The number of aryl methyl sites for hydroxylation is 1. The molecule has 1 fully saturated rings. The molecule has 0 saturated carbocycles. The first-order valence-corrected chi connectivity index (χ1v) is 14.2. The van der Waals surface area contributed by atoms with E-state index in [9.17, 15) is 9.59 Å². The standard InChI is InChI=1S/C30H30BrN3O3S/c1-20-7-6-9-24(21(20)2)32-13-15-33(16-14-32)29(35)19-34-25-8-4-5-10-27(25)38-28(30(34)36)18-22-11-12-26(37-3)23(31)17-22/h4-12,17-18H,13-16,19H2,1-3H3/b28-18-. The zero-order chi connectivity index (χ0) is 26.8. The fourth-order valence-corrected chi connectivity index (χ4v) is 6.47. The molecule has 8 heteroatoms. The lowest BCUT2D eigenvalue weighted by Crippen LogP contribution is -2.52. The van der Waals surface area contributed by atoms with Crippen LogP contribution in [0.3, 0.4) is 0 Å². The summed E-state index contributed by atoms with van der Waals surface area (Å²) in [7, 11) is 1.62. The summed E-state index contributed by atoms with van der Waals surface area (Å²) in [5, 5.41) is 0. The molecule has 0 spiro atoms. The van der Waals surface area contributed by atoms with Crippen LogP contribution >= 0.6 is 27.7 Å². The predicted octanol–water partition coefficient (Wildman–Crippen LogP) is 5.90. The van der Waals surface area contributed by atoms with Crippen LogP contribution in [0.2, 0.25) is 0 Å². The van der Waals surface area contributed by atoms with E-state index in [1.807, 2.05) is 53.4 Å². The number of nitrogens with zero attached hydrogens (tertiary/aromatic N) is 3.